The molecule has 0 aromatic heterocycles. The molecule has 2 heterocycles. The molecule has 0 saturated carbocycles. The van der Waals surface area contributed by atoms with E-state index in [0.29, 0.717) is 6.04 Å². The van der Waals surface area contributed by atoms with Crippen LogP contribution >= 0.6 is 0 Å². The van der Waals surface area contributed by atoms with Crippen LogP contribution in [0.2, 0.25) is 0 Å². The number of hydrogen-bond acceptors (Lipinski definition) is 2. The van der Waals surface area contributed by atoms with Crippen LogP contribution in [0.5, 0.6) is 0 Å². The molecule has 2 unspecified atom stereocenters. The Labute approximate surface area is 116 Å². The first-order valence-corrected chi connectivity index (χ1v) is 7.63. The average Bonchev–Trinajstić information content (AvgIpc) is 2.38. The van der Waals surface area contributed by atoms with E-state index in [2.05, 4.69) is 36.9 Å². The molecule has 2 fully saturated rings. The molecule has 2 nitrogen and oxygen atoms in total. The van der Waals surface area contributed by atoms with Crippen molar-refractivity contribution in [2.45, 2.75) is 57.6 Å². The van der Waals surface area contributed by atoms with Gasteiger partial charge in [-0.1, -0.05) is 24.6 Å². The minimum atomic E-state index is -0.603. The van der Waals surface area contributed by atoms with Crippen LogP contribution in [0.15, 0.2) is 18.2 Å². The summed E-state index contributed by atoms with van der Waals surface area (Å²) in [6.07, 6.45) is 5.71. The normalized spacial score (nSPS) is 32.1. The maximum absolute atomic E-state index is 11.2. The van der Waals surface area contributed by atoms with E-state index in [4.69, 9.17) is 0 Å². The zero-order valence-electron chi connectivity index (χ0n) is 12.2. The summed E-state index contributed by atoms with van der Waals surface area (Å²) in [6, 6.07) is 6.94. The highest BCUT2D eigenvalue weighted by atomic mass is 16.3. The zero-order valence-corrected chi connectivity index (χ0v) is 12.2. The lowest BCUT2D eigenvalue weighted by atomic mass is 9.75. The Morgan fingerprint density at radius 2 is 1.89 bits per heavy atom. The highest BCUT2D eigenvalue weighted by molar-refractivity contribution is 5.38. The number of aliphatic hydroxyl groups is 1. The smallest absolute Gasteiger partial charge is 0.0928 e. The van der Waals surface area contributed by atoms with Crippen molar-refractivity contribution in [2.24, 2.45) is 0 Å². The lowest BCUT2D eigenvalue weighted by molar-refractivity contribution is -0.0618. The number of fused-ring (bicyclic) bond motifs is 1. The number of nitrogens with zero attached hydrogens (tertiary/aromatic N) is 1. The van der Waals surface area contributed by atoms with Crippen molar-refractivity contribution in [2.75, 3.05) is 13.1 Å². The fourth-order valence-electron chi connectivity index (χ4n) is 4.18. The number of aryl methyl sites for hydroxylation is 2. The molecule has 2 heteroatoms. The van der Waals surface area contributed by atoms with E-state index in [1.807, 2.05) is 0 Å². The second-order valence-corrected chi connectivity index (χ2v) is 6.44. The Kier molecular flexibility index (Phi) is 3.40. The van der Waals surface area contributed by atoms with Crippen molar-refractivity contribution in [1.82, 2.24) is 4.90 Å². The van der Waals surface area contributed by atoms with Gasteiger partial charge in [0.05, 0.1) is 5.60 Å². The van der Waals surface area contributed by atoms with E-state index >= 15 is 0 Å². The molecule has 1 aromatic carbocycles. The number of piperidine rings is 2. The standard InChI is InChI=1S/C17H25NO/c1-13-6-5-7-14(2)16(13)17(19)9-11-18-10-4-3-8-15(18)12-17/h5-7,15,19H,3-4,8-12H2,1-2H3. The van der Waals surface area contributed by atoms with Gasteiger partial charge in [-0.3, -0.25) is 0 Å². The minimum absolute atomic E-state index is 0.589. The number of benzene rings is 1. The van der Waals surface area contributed by atoms with Gasteiger partial charge in [-0.05, 0) is 62.8 Å². The first-order valence-electron chi connectivity index (χ1n) is 7.63. The minimum Gasteiger partial charge on any atom is -0.385 e. The third kappa shape index (κ3) is 2.32. The topological polar surface area (TPSA) is 23.5 Å². The van der Waals surface area contributed by atoms with Gasteiger partial charge in [-0.2, -0.15) is 0 Å². The molecule has 1 aromatic rings. The molecule has 2 saturated heterocycles. The molecule has 1 N–H and O–H groups in total. The maximum Gasteiger partial charge on any atom is 0.0928 e. The second-order valence-electron chi connectivity index (χ2n) is 6.44. The Balaban J connectivity index is 1.91. The van der Waals surface area contributed by atoms with Crippen LogP contribution in [0, 0.1) is 13.8 Å². The van der Waals surface area contributed by atoms with Gasteiger partial charge in [-0.15, -0.1) is 0 Å². The van der Waals surface area contributed by atoms with Crippen molar-refractivity contribution < 1.29 is 5.11 Å². The van der Waals surface area contributed by atoms with Crippen LogP contribution in [0.1, 0.15) is 48.8 Å². The van der Waals surface area contributed by atoms with Crippen LogP contribution in [0.3, 0.4) is 0 Å². The Morgan fingerprint density at radius 3 is 2.63 bits per heavy atom. The lowest BCUT2D eigenvalue weighted by Crippen LogP contribution is -2.51. The average molecular weight is 259 g/mol. The number of rotatable bonds is 1. The molecule has 0 bridgehead atoms. The van der Waals surface area contributed by atoms with E-state index in [9.17, 15) is 5.11 Å². The molecule has 0 aliphatic carbocycles. The molecule has 2 atom stereocenters. The van der Waals surface area contributed by atoms with Crippen LogP contribution in [-0.4, -0.2) is 29.1 Å². The highest BCUT2D eigenvalue weighted by Crippen LogP contribution is 2.41. The fourth-order valence-corrected chi connectivity index (χ4v) is 4.18. The summed E-state index contributed by atoms with van der Waals surface area (Å²) in [5.74, 6) is 0. The van der Waals surface area contributed by atoms with Gasteiger partial charge < -0.3 is 10.0 Å². The van der Waals surface area contributed by atoms with Crippen molar-refractivity contribution in [3.8, 4) is 0 Å². The highest BCUT2D eigenvalue weighted by Gasteiger charge is 2.41. The molecule has 2 aliphatic heterocycles. The molecule has 0 radical (unpaired) electrons. The third-order valence-electron chi connectivity index (χ3n) is 5.08. The Morgan fingerprint density at radius 1 is 1.16 bits per heavy atom. The Bertz CT molecular complexity index is 450. The molecule has 2 aliphatic rings. The Hall–Kier alpha value is -0.860. The maximum atomic E-state index is 11.2. The predicted octanol–water partition coefficient (Wildman–Crippen LogP) is 3.14. The summed E-state index contributed by atoms with van der Waals surface area (Å²) < 4.78 is 0. The summed E-state index contributed by atoms with van der Waals surface area (Å²) >= 11 is 0. The van der Waals surface area contributed by atoms with Crippen molar-refractivity contribution in [3.63, 3.8) is 0 Å². The summed E-state index contributed by atoms with van der Waals surface area (Å²) in [7, 11) is 0. The van der Waals surface area contributed by atoms with Crippen molar-refractivity contribution in [1.29, 1.82) is 0 Å². The van der Waals surface area contributed by atoms with Gasteiger partial charge in [-0.25, -0.2) is 0 Å². The van der Waals surface area contributed by atoms with Crippen LogP contribution < -0.4 is 0 Å². The first kappa shape index (κ1) is 13.1. The van der Waals surface area contributed by atoms with Crippen LogP contribution in [0.4, 0.5) is 0 Å². The molecular weight excluding hydrogens is 234 g/mol. The van der Waals surface area contributed by atoms with Crippen LogP contribution in [0.25, 0.3) is 0 Å². The van der Waals surface area contributed by atoms with E-state index in [1.165, 1.54) is 42.5 Å². The lowest BCUT2D eigenvalue weighted by Gasteiger charge is -2.47. The summed E-state index contributed by atoms with van der Waals surface area (Å²) in [4.78, 5) is 2.59. The van der Waals surface area contributed by atoms with Gasteiger partial charge >= 0.3 is 0 Å². The monoisotopic (exact) mass is 259 g/mol. The van der Waals surface area contributed by atoms with Gasteiger partial charge in [0.2, 0.25) is 0 Å². The quantitative estimate of drug-likeness (QED) is 0.837. The van der Waals surface area contributed by atoms with Gasteiger partial charge in [0, 0.05) is 12.6 Å². The first-order chi connectivity index (χ1) is 9.10. The summed E-state index contributed by atoms with van der Waals surface area (Å²) in [5.41, 5.74) is 3.08. The summed E-state index contributed by atoms with van der Waals surface area (Å²) in [6.45, 7) is 6.55. The van der Waals surface area contributed by atoms with Gasteiger partial charge in [0.15, 0.2) is 0 Å². The third-order valence-corrected chi connectivity index (χ3v) is 5.08. The fraction of sp³-hybridized carbons (Fsp3) is 0.647. The molecular formula is C17H25NO. The predicted molar refractivity (Wildman–Crippen MR) is 78.3 cm³/mol. The molecule has 19 heavy (non-hydrogen) atoms. The summed E-state index contributed by atoms with van der Waals surface area (Å²) in [5, 5.41) is 11.2. The molecule has 0 amide bonds. The van der Waals surface area contributed by atoms with E-state index < -0.39 is 5.60 Å². The molecule has 3 rings (SSSR count). The van der Waals surface area contributed by atoms with E-state index in [0.717, 1.165) is 19.4 Å². The van der Waals surface area contributed by atoms with E-state index in [-0.39, 0.29) is 0 Å². The second kappa shape index (κ2) is 4.92. The number of hydrogen-bond donors (Lipinski definition) is 1. The largest absolute Gasteiger partial charge is 0.385 e. The van der Waals surface area contributed by atoms with E-state index in [1.54, 1.807) is 0 Å². The SMILES string of the molecule is Cc1cccc(C)c1C1(O)CCN2CCCCC2C1. The van der Waals surface area contributed by atoms with Gasteiger partial charge in [0.25, 0.3) is 0 Å². The van der Waals surface area contributed by atoms with Crippen molar-refractivity contribution in [3.05, 3.63) is 34.9 Å². The van der Waals surface area contributed by atoms with Gasteiger partial charge in [0.1, 0.15) is 0 Å². The zero-order chi connectivity index (χ0) is 13.5. The molecule has 0 spiro atoms. The molecule has 104 valence electrons. The van der Waals surface area contributed by atoms with Crippen LogP contribution in [-0.2, 0) is 5.60 Å². The van der Waals surface area contributed by atoms with Crippen molar-refractivity contribution >= 4 is 0 Å².